The predicted octanol–water partition coefficient (Wildman–Crippen LogP) is 3.48. The summed E-state index contributed by atoms with van der Waals surface area (Å²) in [5.41, 5.74) is 1.04. The van der Waals surface area contributed by atoms with E-state index >= 15 is 0 Å². The van der Waals surface area contributed by atoms with Crippen LogP contribution >= 0.6 is 11.6 Å². The van der Waals surface area contributed by atoms with E-state index in [4.69, 9.17) is 20.8 Å². The predicted molar refractivity (Wildman–Crippen MR) is 83.9 cm³/mol. The van der Waals surface area contributed by atoms with Gasteiger partial charge in [0, 0.05) is 23.7 Å². The van der Waals surface area contributed by atoms with Gasteiger partial charge in [0.25, 0.3) is 0 Å². The summed E-state index contributed by atoms with van der Waals surface area (Å²) in [4.78, 5) is 6.31. The lowest BCUT2D eigenvalue weighted by Crippen LogP contribution is -2.45. The molecule has 0 aliphatic carbocycles. The van der Waals surface area contributed by atoms with Crippen molar-refractivity contribution in [1.82, 2.24) is 4.98 Å². The van der Waals surface area contributed by atoms with Crippen molar-refractivity contribution in [2.75, 3.05) is 18.0 Å². The van der Waals surface area contributed by atoms with Crippen LogP contribution in [0.15, 0.2) is 28.7 Å². The van der Waals surface area contributed by atoms with Gasteiger partial charge in [-0.25, -0.2) is 0 Å². The maximum Gasteiger partial charge on any atom is 0.235 e. The van der Waals surface area contributed by atoms with Crippen LogP contribution in [0.1, 0.15) is 19.5 Å². The largest absolute Gasteiger partial charge is 0.419 e. The van der Waals surface area contributed by atoms with Gasteiger partial charge in [0.15, 0.2) is 0 Å². The van der Waals surface area contributed by atoms with E-state index in [1.165, 1.54) is 0 Å². The van der Waals surface area contributed by atoms with Crippen LogP contribution in [-0.2, 0) is 4.74 Å². The second-order valence-electron chi connectivity index (χ2n) is 5.46. The van der Waals surface area contributed by atoms with Gasteiger partial charge in [-0.05, 0) is 32.0 Å². The fraction of sp³-hybridized carbons (Fsp3) is 0.375. The maximum absolute atomic E-state index is 9.34. The summed E-state index contributed by atoms with van der Waals surface area (Å²) in [5, 5.41) is 9.94. The zero-order valence-electron chi connectivity index (χ0n) is 12.4. The molecule has 1 aliphatic heterocycles. The number of oxazole rings is 1. The Hall–Kier alpha value is -2.03. The molecule has 5 nitrogen and oxygen atoms in total. The van der Waals surface area contributed by atoms with Crippen molar-refractivity contribution >= 4 is 17.5 Å². The first kappa shape index (κ1) is 14.9. The van der Waals surface area contributed by atoms with Gasteiger partial charge < -0.3 is 14.1 Å². The molecular weight excluding hydrogens is 302 g/mol. The molecule has 6 heteroatoms. The molecule has 2 atom stereocenters. The van der Waals surface area contributed by atoms with Crippen LogP contribution in [0.5, 0.6) is 0 Å². The van der Waals surface area contributed by atoms with Crippen molar-refractivity contribution in [3.8, 4) is 17.5 Å². The topological polar surface area (TPSA) is 62.3 Å². The lowest BCUT2D eigenvalue weighted by Gasteiger charge is -2.34. The second-order valence-corrected chi connectivity index (χ2v) is 5.89. The molecule has 114 valence electrons. The molecule has 0 saturated carbocycles. The highest BCUT2D eigenvalue weighted by Crippen LogP contribution is 2.30. The molecule has 0 N–H and O–H groups in total. The summed E-state index contributed by atoms with van der Waals surface area (Å²) in [6.07, 6.45) is 0.157. The Morgan fingerprint density at radius 2 is 2.05 bits per heavy atom. The van der Waals surface area contributed by atoms with Crippen LogP contribution < -0.4 is 4.90 Å². The van der Waals surface area contributed by atoms with Gasteiger partial charge in [-0.1, -0.05) is 17.7 Å². The highest BCUT2D eigenvalue weighted by Gasteiger charge is 2.28. The van der Waals surface area contributed by atoms with Crippen molar-refractivity contribution < 1.29 is 9.15 Å². The average Bonchev–Trinajstić information content (AvgIpc) is 2.90. The van der Waals surface area contributed by atoms with E-state index < -0.39 is 0 Å². The van der Waals surface area contributed by atoms with E-state index in [0.717, 1.165) is 5.56 Å². The molecule has 1 saturated heterocycles. The minimum absolute atomic E-state index is 0.0787. The Balaban J connectivity index is 1.97. The number of ether oxygens (including phenoxy) is 1. The quantitative estimate of drug-likeness (QED) is 0.848. The fourth-order valence-electron chi connectivity index (χ4n) is 2.69. The van der Waals surface area contributed by atoms with Crippen molar-refractivity contribution in [3.63, 3.8) is 0 Å². The van der Waals surface area contributed by atoms with Crippen LogP contribution in [0.3, 0.4) is 0 Å². The molecular formula is C16H16ClN3O2. The Labute approximate surface area is 134 Å². The highest BCUT2D eigenvalue weighted by atomic mass is 35.5. The lowest BCUT2D eigenvalue weighted by atomic mass is 10.2. The standard InChI is InChI=1S/C16H16ClN3O2/c1-10-8-20(9-11(2)21-10)16-14(7-18)19-15(22-16)12-4-3-5-13(17)6-12/h3-6,10-11H,8-9H2,1-2H3. The summed E-state index contributed by atoms with van der Waals surface area (Å²) in [6.45, 7) is 5.35. The summed E-state index contributed by atoms with van der Waals surface area (Å²) in [6, 6.07) is 9.34. The third-order valence-electron chi connectivity index (χ3n) is 3.49. The van der Waals surface area contributed by atoms with Crippen LogP contribution in [-0.4, -0.2) is 30.3 Å². The zero-order chi connectivity index (χ0) is 15.7. The lowest BCUT2D eigenvalue weighted by molar-refractivity contribution is -0.00638. The molecule has 1 aromatic heterocycles. The number of nitrogens with zero attached hydrogens (tertiary/aromatic N) is 3. The summed E-state index contributed by atoms with van der Waals surface area (Å²) in [5.74, 6) is 0.903. The van der Waals surface area contributed by atoms with E-state index in [1.807, 2.05) is 30.9 Å². The third kappa shape index (κ3) is 2.94. The first-order valence-corrected chi connectivity index (χ1v) is 7.52. The molecule has 0 bridgehead atoms. The first-order chi connectivity index (χ1) is 10.6. The first-order valence-electron chi connectivity index (χ1n) is 7.14. The molecule has 1 fully saturated rings. The van der Waals surface area contributed by atoms with Crippen molar-refractivity contribution in [1.29, 1.82) is 5.26 Å². The Kier molecular flexibility index (Phi) is 4.06. The minimum Gasteiger partial charge on any atom is -0.419 e. The average molecular weight is 318 g/mol. The summed E-state index contributed by atoms with van der Waals surface area (Å²) < 4.78 is 11.6. The number of anilines is 1. The maximum atomic E-state index is 9.34. The van der Waals surface area contributed by atoms with Gasteiger partial charge in [-0.15, -0.1) is 0 Å². The molecule has 0 spiro atoms. The summed E-state index contributed by atoms with van der Waals surface area (Å²) in [7, 11) is 0. The van der Waals surface area contributed by atoms with E-state index in [-0.39, 0.29) is 17.9 Å². The number of nitriles is 1. The Morgan fingerprint density at radius 3 is 2.68 bits per heavy atom. The van der Waals surface area contributed by atoms with Gasteiger partial charge >= 0.3 is 0 Å². The molecule has 3 rings (SSSR count). The second kappa shape index (κ2) is 5.99. The number of aromatic nitrogens is 1. The van der Waals surface area contributed by atoms with Crippen LogP contribution in [0, 0.1) is 11.3 Å². The van der Waals surface area contributed by atoms with E-state index in [1.54, 1.807) is 12.1 Å². The minimum atomic E-state index is 0.0787. The number of halogens is 1. The van der Waals surface area contributed by atoms with Gasteiger partial charge in [0.1, 0.15) is 6.07 Å². The van der Waals surface area contributed by atoms with Crippen molar-refractivity contribution in [3.05, 3.63) is 35.0 Å². The molecule has 2 aromatic rings. The van der Waals surface area contributed by atoms with Crippen LogP contribution in [0.4, 0.5) is 5.88 Å². The van der Waals surface area contributed by atoms with Gasteiger partial charge in [-0.2, -0.15) is 10.2 Å². The number of morpholine rings is 1. The van der Waals surface area contributed by atoms with Gasteiger partial charge in [0.05, 0.1) is 12.2 Å². The normalized spacial score (nSPS) is 21.6. The molecule has 2 heterocycles. The molecule has 22 heavy (non-hydrogen) atoms. The summed E-state index contributed by atoms with van der Waals surface area (Å²) >= 11 is 6.00. The number of hydrogen-bond donors (Lipinski definition) is 0. The third-order valence-corrected chi connectivity index (χ3v) is 3.73. The van der Waals surface area contributed by atoms with E-state index in [2.05, 4.69) is 11.1 Å². The number of benzene rings is 1. The Bertz CT molecular complexity index is 712. The molecule has 2 unspecified atom stereocenters. The zero-order valence-corrected chi connectivity index (χ0v) is 13.2. The SMILES string of the molecule is CC1CN(c2oc(-c3cccc(Cl)c3)nc2C#N)CC(C)O1. The number of rotatable bonds is 2. The monoisotopic (exact) mass is 317 g/mol. The van der Waals surface area contributed by atoms with E-state index in [9.17, 15) is 5.26 Å². The highest BCUT2D eigenvalue weighted by molar-refractivity contribution is 6.30. The molecule has 0 amide bonds. The van der Waals surface area contributed by atoms with E-state index in [0.29, 0.717) is 29.9 Å². The van der Waals surface area contributed by atoms with Gasteiger partial charge in [-0.3, -0.25) is 0 Å². The van der Waals surface area contributed by atoms with Crippen LogP contribution in [0.25, 0.3) is 11.5 Å². The molecule has 1 aliphatic rings. The smallest absolute Gasteiger partial charge is 0.235 e. The van der Waals surface area contributed by atoms with Gasteiger partial charge in [0.2, 0.25) is 17.5 Å². The Morgan fingerprint density at radius 1 is 1.32 bits per heavy atom. The number of hydrogen-bond acceptors (Lipinski definition) is 5. The fourth-order valence-corrected chi connectivity index (χ4v) is 2.88. The molecule has 0 radical (unpaired) electrons. The van der Waals surface area contributed by atoms with Crippen molar-refractivity contribution in [2.24, 2.45) is 0 Å². The molecule has 1 aromatic carbocycles. The van der Waals surface area contributed by atoms with Crippen LogP contribution in [0.2, 0.25) is 5.02 Å². The van der Waals surface area contributed by atoms with Crippen molar-refractivity contribution in [2.45, 2.75) is 26.1 Å².